The SMILES string of the molecule is Cc1nc(Nc2nc(NCc3ccc(CS(=O)[O-])cc3)cc(N3CCN(C=O)CC3)n2)sc1C(=O)O. The topological polar surface area (TPSA) is 164 Å². The number of hydrogen-bond donors (Lipinski definition) is 3. The smallest absolute Gasteiger partial charge is 0.347 e. The average Bonchev–Trinajstić information content (AvgIpc) is 3.23. The molecule has 0 bridgehead atoms. The highest BCUT2D eigenvalue weighted by molar-refractivity contribution is 7.78. The zero-order valence-corrected chi connectivity index (χ0v) is 21.0. The summed E-state index contributed by atoms with van der Waals surface area (Å²) < 4.78 is 21.8. The second-order valence-corrected chi connectivity index (χ2v) is 9.94. The maximum absolute atomic E-state index is 11.4. The van der Waals surface area contributed by atoms with Crippen molar-refractivity contribution in [2.45, 2.75) is 19.2 Å². The lowest BCUT2D eigenvalue weighted by molar-refractivity contribution is -0.118. The molecule has 36 heavy (non-hydrogen) atoms. The van der Waals surface area contributed by atoms with Crippen LogP contribution in [0, 0.1) is 6.92 Å². The van der Waals surface area contributed by atoms with Crippen LogP contribution in [0.5, 0.6) is 0 Å². The molecule has 190 valence electrons. The van der Waals surface area contributed by atoms with Gasteiger partial charge in [0.15, 0.2) is 5.13 Å². The molecule has 12 nitrogen and oxygen atoms in total. The fourth-order valence-electron chi connectivity index (χ4n) is 3.63. The number of thiazole rings is 1. The number of aromatic nitrogens is 3. The number of nitrogens with zero attached hydrogens (tertiary/aromatic N) is 5. The van der Waals surface area contributed by atoms with Crippen molar-refractivity contribution in [2.75, 3.05) is 41.7 Å². The molecule has 1 atom stereocenters. The van der Waals surface area contributed by atoms with E-state index in [1.165, 1.54) is 0 Å². The van der Waals surface area contributed by atoms with Crippen LogP contribution >= 0.6 is 11.3 Å². The lowest BCUT2D eigenvalue weighted by Gasteiger charge is -2.33. The second kappa shape index (κ2) is 11.4. The minimum atomic E-state index is -2.14. The summed E-state index contributed by atoms with van der Waals surface area (Å²) >= 11 is -1.14. The summed E-state index contributed by atoms with van der Waals surface area (Å²) in [5, 5.41) is 16.0. The van der Waals surface area contributed by atoms with E-state index in [2.05, 4.69) is 25.6 Å². The fourth-order valence-corrected chi connectivity index (χ4v) is 4.89. The monoisotopic (exact) mass is 530 g/mol. The fraction of sp³-hybridized carbons (Fsp3) is 0.318. The van der Waals surface area contributed by atoms with Gasteiger partial charge in [0.25, 0.3) is 0 Å². The van der Waals surface area contributed by atoms with Gasteiger partial charge in [-0.05, 0) is 18.1 Å². The van der Waals surface area contributed by atoms with Crippen LogP contribution in [0.2, 0.25) is 0 Å². The molecule has 1 aliphatic rings. The van der Waals surface area contributed by atoms with E-state index in [9.17, 15) is 23.5 Å². The number of carboxylic acid groups (broad SMARTS) is 1. The number of aryl methyl sites for hydroxylation is 1. The number of anilines is 4. The number of hydrogen-bond acceptors (Lipinski definition) is 11. The minimum absolute atomic E-state index is 0.0325. The molecule has 4 rings (SSSR count). The molecule has 1 fully saturated rings. The number of rotatable bonds is 10. The largest absolute Gasteiger partial charge is 0.772 e. The number of carbonyl (C=O) groups is 2. The van der Waals surface area contributed by atoms with Gasteiger partial charge in [-0.25, -0.2) is 9.78 Å². The van der Waals surface area contributed by atoms with Gasteiger partial charge < -0.3 is 24.8 Å². The molecule has 0 saturated carbocycles. The molecule has 1 amide bonds. The van der Waals surface area contributed by atoms with Crippen LogP contribution in [-0.4, -0.2) is 72.3 Å². The zero-order valence-electron chi connectivity index (χ0n) is 19.3. The van der Waals surface area contributed by atoms with Crippen LogP contribution in [0.4, 0.5) is 22.7 Å². The molecule has 0 spiro atoms. The standard InChI is InChI=1S/C22H25N7O5S2/c1-14-19(20(31)32)35-22(24-14)27-21-25-17(10-18(26-21)29-8-6-28(13-30)7-9-29)23-11-15-2-4-16(5-3-15)12-36(33)34/h2-5,10,13H,6-9,11-12H2,1H3,(H,31,32)(H,33,34)(H2,23,24,25,26,27)/p-1. The minimum Gasteiger partial charge on any atom is -0.772 e. The molecule has 0 radical (unpaired) electrons. The first-order valence-corrected chi connectivity index (χ1v) is 13.1. The van der Waals surface area contributed by atoms with Crippen molar-refractivity contribution >= 4 is 57.5 Å². The summed E-state index contributed by atoms with van der Waals surface area (Å²) in [5.41, 5.74) is 2.04. The van der Waals surface area contributed by atoms with Gasteiger partial charge >= 0.3 is 5.97 Å². The first-order valence-electron chi connectivity index (χ1n) is 11.0. The van der Waals surface area contributed by atoms with Crippen molar-refractivity contribution in [1.82, 2.24) is 19.9 Å². The molecule has 3 aromatic rings. The predicted octanol–water partition coefficient (Wildman–Crippen LogP) is 1.95. The van der Waals surface area contributed by atoms with E-state index in [4.69, 9.17) is 0 Å². The highest BCUT2D eigenvalue weighted by Crippen LogP contribution is 2.27. The lowest BCUT2D eigenvalue weighted by Crippen LogP contribution is -2.46. The molecule has 3 N–H and O–H groups in total. The van der Waals surface area contributed by atoms with E-state index in [-0.39, 0.29) is 16.6 Å². The summed E-state index contributed by atoms with van der Waals surface area (Å²) in [4.78, 5) is 39.7. The summed E-state index contributed by atoms with van der Waals surface area (Å²) in [6, 6.07) is 9.04. The van der Waals surface area contributed by atoms with Gasteiger partial charge in [-0.2, -0.15) is 9.97 Å². The lowest BCUT2D eigenvalue weighted by atomic mass is 10.1. The molecular formula is C22H24N7O5S2-. The Balaban J connectivity index is 1.54. The van der Waals surface area contributed by atoms with Crippen LogP contribution in [0.1, 0.15) is 26.5 Å². The van der Waals surface area contributed by atoms with Crippen molar-refractivity contribution in [3.05, 3.63) is 52.0 Å². The van der Waals surface area contributed by atoms with Crippen molar-refractivity contribution in [1.29, 1.82) is 0 Å². The average molecular weight is 531 g/mol. The normalized spacial score (nSPS) is 14.4. The molecule has 1 aliphatic heterocycles. The Kier molecular flexibility index (Phi) is 8.07. The van der Waals surface area contributed by atoms with Crippen molar-refractivity contribution < 1.29 is 23.5 Å². The highest BCUT2D eigenvalue weighted by atomic mass is 32.2. The third kappa shape index (κ3) is 6.53. The predicted molar refractivity (Wildman–Crippen MR) is 135 cm³/mol. The zero-order chi connectivity index (χ0) is 25.7. The third-order valence-corrected chi connectivity index (χ3v) is 7.12. The molecule has 1 aromatic carbocycles. The van der Waals surface area contributed by atoms with Crippen molar-refractivity contribution in [3.63, 3.8) is 0 Å². The Bertz CT molecular complexity index is 1260. The van der Waals surface area contributed by atoms with Crippen LogP contribution in [0.25, 0.3) is 0 Å². The number of piperazine rings is 1. The summed E-state index contributed by atoms with van der Waals surface area (Å²) in [6.07, 6.45) is 0.835. The molecule has 14 heteroatoms. The van der Waals surface area contributed by atoms with Crippen molar-refractivity contribution in [3.8, 4) is 0 Å². The molecular weight excluding hydrogens is 506 g/mol. The maximum atomic E-state index is 11.4. The number of carbonyl (C=O) groups excluding carboxylic acids is 1. The summed E-state index contributed by atoms with van der Waals surface area (Å²) in [7, 11) is 0. The van der Waals surface area contributed by atoms with E-state index < -0.39 is 17.0 Å². The molecule has 1 unspecified atom stereocenters. The number of benzene rings is 1. The van der Waals surface area contributed by atoms with Gasteiger partial charge in [0.05, 0.1) is 5.69 Å². The van der Waals surface area contributed by atoms with E-state index in [0.29, 0.717) is 60.7 Å². The second-order valence-electron chi connectivity index (χ2n) is 8.05. The quantitative estimate of drug-likeness (QED) is 0.259. The van der Waals surface area contributed by atoms with Gasteiger partial charge in [0, 0.05) is 44.5 Å². The van der Waals surface area contributed by atoms with E-state index in [1.807, 2.05) is 23.1 Å². The van der Waals surface area contributed by atoms with Crippen molar-refractivity contribution in [2.24, 2.45) is 0 Å². The Morgan fingerprint density at radius 3 is 2.47 bits per heavy atom. The van der Waals surface area contributed by atoms with E-state index in [0.717, 1.165) is 23.3 Å². The first kappa shape index (κ1) is 25.5. The maximum Gasteiger partial charge on any atom is 0.347 e. The third-order valence-electron chi connectivity index (χ3n) is 5.49. The van der Waals surface area contributed by atoms with Gasteiger partial charge in [-0.15, -0.1) is 0 Å². The number of carboxylic acids is 1. The first-order chi connectivity index (χ1) is 17.3. The van der Waals surface area contributed by atoms with Crippen LogP contribution in [0.3, 0.4) is 0 Å². The Labute approximate surface area is 213 Å². The highest BCUT2D eigenvalue weighted by Gasteiger charge is 2.20. The Morgan fingerprint density at radius 2 is 1.86 bits per heavy atom. The van der Waals surface area contributed by atoms with E-state index in [1.54, 1.807) is 24.0 Å². The Morgan fingerprint density at radius 1 is 1.17 bits per heavy atom. The van der Waals surface area contributed by atoms with Gasteiger partial charge in [0.1, 0.15) is 16.5 Å². The van der Waals surface area contributed by atoms with Crippen LogP contribution < -0.4 is 15.5 Å². The summed E-state index contributed by atoms with van der Waals surface area (Å²) in [5.74, 6) is 0.370. The van der Waals surface area contributed by atoms with E-state index >= 15 is 0 Å². The van der Waals surface area contributed by atoms with Crippen LogP contribution in [-0.2, 0) is 28.2 Å². The number of nitrogens with one attached hydrogen (secondary N) is 2. The van der Waals surface area contributed by atoms with Crippen LogP contribution in [0.15, 0.2) is 30.3 Å². The number of amides is 1. The van der Waals surface area contributed by atoms with Gasteiger partial charge in [0.2, 0.25) is 12.4 Å². The molecule has 0 aliphatic carbocycles. The van der Waals surface area contributed by atoms with Gasteiger partial charge in [-0.3, -0.25) is 14.3 Å². The molecule has 3 heterocycles. The molecule has 1 saturated heterocycles. The number of aromatic carboxylic acids is 1. The molecule has 2 aromatic heterocycles. The van der Waals surface area contributed by atoms with Gasteiger partial charge in [-0.1, -0.05) is 46.7 Å². The Hall–Kier alpha value is -3.62. The summed E-state index contributed by atoms with van der Waals surface area (Å²) in [6.45, 7) is 4.44.